The van der Waals surface area contributed by atoms with Gasteiger partial charge >= 0.3 is 5.97 Å². The van der Waals surface area contributed by atoms with Crippen molar-refractivity contribution < 1.29 is 14.7 Å². The summed E-state index contributed by atoms with van der Waals surface area (Å²) in [6, 6.07) is 14.2. The van der Waals surface area contributed by atoms with E-state index in [0.717, 1.165) is 16.5 Å². The minimum Gasteiger partial charge on any atom is -0.479 e. The lowest BCUT2D eigenvalue weighted by atomic mass is 9.92. The average Bonchev–Trinajstić information content (AvgIpc) is 2.96. The smallest absolute Gasteiger partial charge is 0.331 e. The van der Waals surface area contributed by atoms with Gasteiger partial charge in [-0.05, 0) is 23.6 Å². The van der Waals surface area contributed by atoms with Crippen molar-refractivity contribution in [2.24, 2.45) is 7.05 Å². The first-order chi connectivity index (χ1) is 12.6. The topological polar surface area (TPSA) is 75.4 Å². The molecule has 1 amide bonds. The molecule has 1 atom stereocenters. The van der Waals surface area contributed by atoms with Crippen LogP contribution < -0.4 is 0 Å². The van der Waals surface area contributed by atoms with E-state index in [1.165, 1.54) is 4.90 Å². The van der Waals surface area contributed by atoms with Gasteiger partial charge in [0.05, 0.1) is 17.6 Å². The number of para-hydroxylation sites is 1. The highest BCUT2D eigenvalue weighted by Crippen LogP contribution is 2.31. The zero-order chi connectivity index (χ0) is 18.3. The quantitative estimate of drug-likeness (QED) is 0.787. The van der Waals surface area contributed by atoms with Crippen LogP contribution in [0.3, 0.4) is 0 Å². The van der Waals surface area contributed by atoms with Crippen LogP contribution in [0.25, 0.3) is 10.9 Å². The van der Waals surface area contributed by atoms with Crippen LogP contribution in [0.4, 0.5) is 0 Å². The molecule has 1 aliphatic rings. The number of aliphatic carboxylic acids is 1. The van der Waals surface area contributed by atoms with Crippen LogP contribution >= 0.6 is 0 Å². The first-order valence-corrected chi connectivity index (χ1v) is 8.57. The van der Waals surface area contributed by atoms with Crippen molar-refractivity contribution in [1.29, 1.82) is 0 Å². The fourth-order valence-corrected chi connectivity index (χ4v) is 3.77. The van der Waals surface area contributed by atoms with Crippen molar-refractivity contribution in [3.05, 3.63) is 65.4 Å². The van der Waals surface area contributed by atoms with Crippen LogP contribution in [-0.4, -0.2) is 38.2 Å². The predicted molar refractivity (Wildman–Crippen MR) is 96.7 cm³/mol. The number of fused-ring (bicyclic) bond motifs is 2. The Morgan fingerprint density at radius 2 is 1.88 bits per heavy atom. The molecule has 132 valence electrons. The fraction of sp³-hybridized carbons (Fsp3) is 0.250. The summed E-state index contributed by atoms with van der Waals surface area (Å²) < 4.78 is 1.75. The number of benzene rings is 2. The second-order valence-electron chi connectivity index (χ2n) is 6.54. The van der Waals surface area contributed by atoms with E-state index < -0.39 is 12.0 Å². The SMILES string of the molecule is Cn1nc(CC(=O)N2CCc3ccccc3C2C(=O)O)c2ccccc21. The Bertz CT molecular complexity index is 1010. The number of carbonyl (C=O) groups excluding carboxylic acids is 1. The number of aryl methyl sites for hydroxylation is 1. The van der Waals surface area contributed by atoms with Crippen LogP contribution in [0.5, 0.6) is 0 Å². The second kappa shape index (κ2) is 6.29. The molecule has 3 aromatic rings. The molecule has 1 aromatic heterocycles. The van der Waals surface area contributed by atoms with Crippen LogP contribution in [-0.2, 0) is 29.5 Å². The third-order valence-electron chi connectivity index (χ3n) is 4.99. The molecule has 4 rings (SSSR count). The summed E-state index contributed by atoms with van der Waals surface area (Å²) in [5.74, 6) is -1.22. The van der Waals surface area contributed by atoms with Gasteiger partial charge in [0.2, 0.25) is 5.91 Å². The standard InChI is InChI=1S/C20H19N3O3/c1-22-17-9-5-4-8-15(17)16(21-22)12-18(24)23-11-10-13-6-2-3-7-14(13)19(23)20(25)26/h2-9,19H,10-12H2,1H3,(H,25,26). The van der Waals surface area contributed by atoms with E-state index in [4.69, 9.17) is 0 Å². The Morgan fingerprint density at radius 1 is 1.15 bits per heavy atom. The van der Waals surface area contributed by atoms with E-state index in [0.29, 0.717) is 24.2 Å². The molecule has 1 N–H and O–H groups in total. The van der Waals surface area contributed by atoms with E-state index >= 15 is 0 Å². The van der Waals surface area contributed by atoms with Gasteiger partial charge in [-0.2, -0.15) is 5.10 Å². The predicted octanol–water partition coefficient (Wildman–Crippen LogP) is 2.33. The van der Waals surface area contributed by atoms with Gasteiger partial charge in [0.25, 0.3) is 0 Å². The second-order valence-corrected chi connectivity index (χ2v) is 6.54. The number of hydrogen-bond donors (Lipinski definition) is 1. The van der Waals surface area contributed by atoms with Crippen molar-refractivity contribution in [3.63, 3.8) is 0 Å². The maximum Gasteiger partial charge on any atom is 0.331 e. The number of aromatic nitrogens is 2. The van der Waals surface area contributed by atoms with Gasteiger partial charge in [0, 0.05) is 19.0 Å². The van der Waals surface area contributed by atoms with Crippen LogP contribution in [0.15, 0.2) is 48.5 Å². The number of amides is 1. The minimum atomic E-state index is -1.00. The maximum atomic E-state index is 13.0. The summed E-state index contributed by atoms with van der Waals surface area (Å²) in [4.78, 5) is 26.3. The first kappa shape index (κ1) is 16.3. The largest absolute Gasteiger partial charge is 0.479 e. The molecular formula is C20H19N3O3. The van der Waals surface area contributed by atoms with Gasteiger partial charge in [-0.3, -0.25) is 9.48 Å². The lowest BCUT2D eigenvalue weighted by Crippen LogP contribution is -2.44. The monoisotopic (exact) mass is 349 g/mol. The number of carboxylic acid groups (broad SMARTS) is 1. The summed E-state index contributed by atoms with van der Waals surface area (Å²) in [6.45, 7) is 0.400. The number of carbonyl (C=O) groups is 2. The molecule has 2 aromatic carbocycles. The van der Waals surface area contributed by atoms with Crippen molar-refractivity contribution in [2.75, 3.05) is 6.54 Å². The zero-order valence-electron chi connectivity index (χ0n) is 14.4. The zero-order valence-corrected chi connectivity index (χ0v) is 14.4. The molecule has 0 fully saturated rings. The summed E-state index contributed by atoms with van der Waals surface area (Å²) >= 11 is 0. The van der Waals surface area contributed by atoms with Crippen LogP contribution in [0.1, 0.15) is 22.9 Å². The lowest BCUT2D eigenvalue weighted by molar-refractivity contribution is -0.151. The van der Waals surface area contributed by atoms with Gasteiger partial charge in [-0.25, -0.2) is 4.79 Å². The maximum absolute atomic E-state index is 13.0. The molecule has 6 heteroatoms. The summed E-state index contributed by atoms with van der Waals surface area (Å²) in [7, 11) is 1.84. The van der Waals surface area contributed by atoms with Crippen molar-refractivity contribution in [1.82, 2.24) is 14.7 Å². The molecule has 0 aliphatic carbocycles. The average molecular weight is 349 g/mol. The van der Waals surface area contributed by atoms with Gasteiger partial charge in [0.15, 0.2) is 6.04 Å². The normalized spacial score (nSPS) is 16.5. The molecular weight excluding hydrogens is 330 g/mol. The van der Waals surface area contributed by atoms with Crippen molar-refractivity contribution >= 4 is 22.8 Å². The summed E-state index contributed by atoms with van der Waals surface area (Å²) in [6.07, 6.45) is 0.752. The third kappa shape index (κ3) is 2.63. The van der Waals surface area contributed by atoms with Gasteiger partial charge in [-0.1, -0.05) is 42.5 Å². The molecule has 0 bridgehead atoms. The van der Waals surface area contributed by atoms with Gasteiger partial charge in [-0.15, -0.1) is 0 Å². The highest BCUT2D eigenvalue weighted by Gasteiger charge is 2.35. The van der Waals surface area contributed by atoms with Crippen molar-refractivity contribution in [3.8, 4) is 0 Å². The Labute approximate surface area is 150 Å². The lowest BCUT2D eigenvalue weighted by Gasteiger charge is -2.34. The Hall–Kier alpha value is -3.15. The molecule has 1 aliphatic heterocycles. The molecule has 26 heavy (non-hydrogen) atoms. The third-order valence-corrected chi connectivity index (χ3v) is 4.99. The highest BCUT2D eigenvalue weighted by molar-refractivity contribution is 5.90. The molecule has 0 radical (unpaired) electrons. The van der Waals surface area contributed by atoms with Crippen LogP contribution in [0.2, 0.25) is 0 Å². The molecule has 0 saturated carbocycles. The number of nitrogens with zero attached hydrogens (tertiary/aromatic N) is 3. The Kier molecular flexibility index (Phi) is 3.95. The van der Waals surface area contributed by atoms with E-state index in [1.807, 2.05) is 49.5 Å². The highest BCUT2D eigenvalue weighted by atomic mass is 16.4. The molecule has 0 spiro atoms. The summed E-state index contributed by atoms with van der Waals surface area (Å²) in [5.41, 5.74) is 3.32. The fourth-order valence-electron chi connectivity index (χ4n) is 3.77. The van der Waals surface area contributed by atoms with Gasteiger partial charge in [0.1, 0.15) is 0 Å². The van der Waals surface area contributed by atoms with E-state index in [9.17, 15) is 14.7 Å². The molecule has 2 heterocycles. The van der Waals surface area contributed by atoms with E-state index in [-0.39, 0.29) is 12.3 Å². The number of carboxylic acids is 1. The summed E-state index contributed by atoms with van der Waals surface area (Å²) in [5, 5.41) is 15.1. The van der Waals surface area contributed by atoms with Gasteiger partial charge < -0.3 is 10.0 Å². The number of hydrogen-bond acceptors (Lipinski definition) is 3. The number of rotatable bonds is 3. The molecule has 0 saturated heterocycles. The Balaban J connectivity index is 1.66. The molecule has 1 unspecified atom stereocenters. The minimum absolute atomic E-state index is 0.0906. The van der Waals surface area contributed by atoms with E-state index in [1.54, 1.807) is 10.7 Å². The van der Waals surface area contributed by atoms with E-state index in [2.05, 4.69) is 5.10 Å². The van der Waals surface area contributed by atoms with Crippen molar-refractivity contribution in [2.45, 2.75) is 18.9 Å². The van der Waals surface area contributed by atoms with Crippen LogP contribution in [0, 0.1) is 0 Å². The first-order valence-electron chi connectivity index (χ1n) is 8.57. The Morgan fingerprint density at radius 3 is 2.69 bits per heavy atom. The molecule has 6 nitrogen and oxygen atoms in total.